The van der Waals surface area contributed by atoms with Gasteiger partial charge in [0.25, 0.3) is 5.91 Å². The number of oxime groups is 1. The molecule has 4 N–H and O–H groups in total. The van der Waals surface area contributed by atoms with Crippen molar-refractivity contribution in [2.45, 2.75) is 38.1 Å². The highest BCUT2D eigenvalue weighted by molar-refractivity contribution is 7.20. The number of amidine groups is 1. The maximum atomic E-state index is 12.3. The SMILES string of the molecule is N/C(=N/O)C(NC(=O)c1cc(Cl)sc1Cl)C1CCCCC1. The average Bonchev–Trinajstić information content (AvgIpc) is 2.83. The number of rotatable bonds is 4. The molecule has 0 aliphatic heterocycles. The van der Waals surface area contributed by atoms with Gasteiger partial charge < -0.3 is 16.3 Å². The van der Waals surface area contributed by atoms with Crippen LogP contribution in [0, 0.1) is 5.92 Å². The fourth-order valence-corrected chi connectivity index (χ4v) is 4.14. The zero-order chi connectivity index (χ0) is 15.4. The van der Waals surface area contributed by atoms with E-state index in [-0.39, 0.29) is 17.7 Å². The Kier molecular flexibility index (Phi) is 5.72. The molecule has 2 rings (SSSR count). The summed E-state index contributed by atoms with van der Waals surface area (Å²) in [6.07, 6.45) is 5.24. The summed E-state index contributed by atoms with van der Waals surface area (Å²) in [5, 5.41) is 14.8. The summed E-state index contributed by atoms with van der Waals surface area (Å²) in [6.45, 7) is 0. The molecule has 0 aromatic carbocycles. The quantitative estimate of drug-likeness (QED) is 0.336. The second kappa shape index (κ2) is 7.33. The van der Waals surface area contributed by atoms with Crippen LogP contribution in [0.4, 0.5) is 0 Å². The molecule has 1 aromatic rings. The summed E-state index contributed by atoms with van der Waals surface area (Å²) in [7, 11) is 0. The van der Waals surface area contributed by atoms with Crippen LogP contribution in [0.1, 0.15) is 42.5 Å². The third-order valence-corrected chi connectivity index (χ3v) is 5.23. The van der Waals surface area contributed by atoms with Crippen molar-refractivity contribution in [1.82, 2.24) is 5.32 Å². The Morgan fingerprint density at radius 3 is 2.62 bits per heavy atom. The number of nitrogens with one attached hydrogen (secondary N) is 1. The van der Waals surface area contributed by atoms with Crippen molar-refractivity contribution in [3.8, 4) is 0 Å². The largest absolute Gasteiger partial charge is 0.409 e. The Hall–Kier alpha value is -0.980. The standard InChI is InChI=1S/C13H17Cl2N3O2S/c14-9-6-8(11(15)21-9)13(19)17-10(12(16)18-20)7-4-2-1-3-5-7/h6-7,10,20H,1-5H2,(H2,16,18)(H,17,19). The molecule has 1 saturated carbocycles. The van der Waals surface area contributed by atoms with Crippen molar-refractivity contribution in [3.63, 3.8) is 0 Å². The molecule has 0 bridgehead atoms. The predicted octanol–water partition coefficient (Wildman–Crippen LogP) is 3.48. The van der Waals surface area contributed by atoms with Crippen LogP contribution < -0.4 is 11.1 Å². The molecule has 1 unspecified atom stereocenters. The van der Waals surface area contributed by atoms with E-state index in [1.807, 2.05) is 0 Å². The molecule has 0 saturated heterocycles. The molecule has 1 aromatic heterocycles. The second-order valence-corrected chi connectivity index (χ2v) is 7.40. The normalized spacial score (nSPS) is 18.5. The number of nitrogens with two attached hydrogens (primary N) is 1. The molecule has 1 aliphatic rings. The molecule has 0 radical (unpaired) electrons. The van der Waals surface area contributed by atoms with E-state index < -0.39 is 6.04 Å². The lowest BCUT2D eigenvalue weighted by Gasteiger charge is -2.29. The van der Waals surface area contributed by atoms with Crippen LogP contribution in [0.5, 0.6) is 0 Å². The van der Waals surface area contributed by atoms with E-state index in [2.05, 4.69) is 10.5 Å². The van der Waals surface area contributed by atoms with Crippen molar-refractivity contribution in [1.29, 1.82) is 0 Å². The van der Waals surface area contributed by atoms with E-state index in [9.17, 15) is 4.79 Å². The Morgan fingerprint density at radius 1 is 1.43 bits per heavy atom. The summed E-state index contributed by atoms with van der Waals surface area (Å²) in [5.41, 5.74) is 6.06. The van der Waals surface area contributed by atoms with Gasteiger partial charge in [0.2, 0.25) is 0 Å². The van der Waals surface area contributed by atoms with Gasteiger partial charge >= 0.3 is 0 Å². The number of carbonyl (C=O) groups is 1. The highest BCUT2D eigenvalue weighted by atomic mass is 35.5. The third kappa shape index (κ3) is 4.02. The zero-order valence-electron chi connectivity index (χ0n) is 11.3. The maximum absolute atomic E-state index is 12.3. The minimum Gasteiger partial charge on any atom is -0.409 e. The number of nitrogens with zero attached hydrogens (tertiary/aromatic N) is 1. The van der Waals surface area contributed by atoms with Gasteiger partial charge in [-0.05, 0) is 24.8 Å². The van der Waals surface area contributed by atoms with Crippen molar-refractivity contribution in [3.05, 3.63) is 20.3 Å². The van der Waals surface area contributed by atoms with Crippen LogP contribution in [-0.2, 0) is 0 Å². The van der Waals surface area contributed by atoms with Gasteiger partial charge in [-0.2, -0.15) is 0 Å². The van der Waals surface area contributed by atoms with Gasteiger partial charge in [-0.1, -0.05) is 47.6 Å². The van der Waals surface area contributed by atoms with Gasteiger partial charge in [-0.3, -0.25) is 4.79 Å². The van der Waals surface area contributed by atoms with E-state index in [1.165, 1.54) is 12.5 Å². The Labute approximate surface area is 137 Å². The molecular formula is C13H17Cl2N3O2S. The first kappa shape index (κ1) is 16.4. The van der Waals surface area contributed by atoms with Crippen molar-refractivity contribution in [2.24, 2.45) is 16.8 Å². The van der Waals surface area contributed by atoms with Gasteiger partial charge in [0.15, 0.2) is 5.84 Å². The molecule has 1 fully saturated rings. The minimum atomic E-state index is -0.488. The van der Waals surface area contributed by atoms with Crippen LogP contribution in [0.25, 0.3) is 0 Å². The van der Waals surface area contributed by atoms with Crippen LogP contribution in [0.3, 0.4) is 0 Å². The van der Waals surface area contributed by atoms with Crippen molar-refractivity contribution < 1.29 is 10.0 Å². The lowest BCUT2D eigenvalue weighted by Crippen LogP contribution is -2.49. The zero-order valence-corrected chi connectivity index (χ0v) is 13.6. The summed E-state index contributed by atoms with van der Waals surface area (Å²) >= 11 is 13.0. The summed E-state index contributed by atoms with van der Waals surface area (Å²) < 4.78 is 0.780. The van der Waals surface area contributed by atoms with E-state index >= 15 is 0 Å². The third-order valence-electron chi connectivity index (χ3n) is 3.74. The topological polar surface area (TPSA) is 87.7 Å². The van der Waals surface area contributed by atoms with Gasteiger partial charge in [0.05, 0.1) is 15.9 Å². The molecule has 0 spiro atoms. The summed E-state index contributed by atoms with van der Waals surface area (Å²) in [6, 6.07) is 1.03. The molecule has 21 heavy (non-hydrogen) atoms. The summed E-state index contributed by atoms with van der Waals surface area (Å²) in [5.74, 6) is -0.162. The van der Waals surface area contributed by atoms with Crippen LogP contribution in [0.2, 0.25) is 8.67 Å². The first-order valence-electron chi connectivity index (χ1n) is 6.76. The Balaban J connectivity index is 2.14. The number of carbonyl (C=O) groups excluding carboxylic acids is 1. The molecule has 1 amide bonds. The molecule has 8 heteroatoms. The van der Waals surface area contributed by atoms with Gasteiger partial charge in [0, 0.05) is 0 Å². The first-order chi connectivity index (χ1) is 10.0. The number of amides is 1. The lowest BCUT2D eigenvalue weighted by molar-refractivity contribution is 0.0931. The predicted molar refractivity (Wildman–Crippen MR) is 85.6 cm³/mol. The average molecular weight is 350 g/mol. The lowest BCUT2D eigenvalue weighted by atomic mass is 9.83. The highest BCUT2D eigenvalue weighted by Gasteiger charge is 2.29. The smallest absolute Gasteiger partial charge is 0.254 e. The first-order valence-corrected chi connectivity index (χ1v) is 8.33. The molecule has 1 atom stereocenters. The number of hydrogen-bond donors (Lipinski definition) is 3. The molecule has 1 heterocycles. The maximum Gasteiger partial charge on any atom is 0.254 e. The van der Waals surface area contributed by atoms with Crippen LogP contribution in [0.15, 0.2) is 11.2 Å². The van der Waals surface area contributed by atoms with E-state index in [1.54, 1.807) is 0 Å². The number of hydrogen-bond acceptors (Lipinski definition) is 4. The fourth-order valence-electron chi connectivity index (χ4n) is 2.68. The molecule has 5 nitrogen and oxygen atoms in total. The van der Waals surface area contributed by atoms with Crippen molar-refractivity contribution in [2.75, 3.05) is 0 Å². The summed E-state index contributed by atoms with van der Waals surface area (Å²) in [4.78, 5) is 12.3. The molecular weight excluding hydrogens is 333 g/mol. The van der Waals surface area contributed by atoms with Crippen LogP contribution in [-0.4, -0.2) is 23.0 Å². The Bertz CT molecular complexity index is 542. The monoisotopic (exact) mass is 349 g/mol. The second-order valence-electron chi connectivity index (χ2n) is 5.11. The van der Waals surface area contributed by atoms with E-state index in [0.29, 0.717) is 14.2 Å². The minimum absolute atomic E-state index is 0.0210. The molecule has 116 valence electrons. The van der Waals surface area contributed by atoms with Gasteiger partial charge in [-0.25, -0.2) is 0 Å². The van der Waals surface area contributed by atoms with E-state index in [4.69, 9.17) is 34.1 Å². The molecule has 1 aliphatic carbocycles. The van der Waals surface area contributed by atoms with Gasteiger partial charge in [-0.15, -0.1) is 11.3 Å². The highest BCUT2D eigenvalue weighted by Crippen LogP contribution is 2.32. The van der Waals surface area contributed by atoms with Gasteiger partial charge in [0.1, 0.15) is 4.34 Å². The fraction of sp³-hybridized carbons (Fsp3) is 0.538. The van der Waals surface area contributed by atoms with E-state index in [0.717, 1.165) is 37.0 Å². The van der Waals surface area contributed by atoms with Crippen molar-refractivity contribution >= 4 is 46.3 Å². The van der Waals surface area contributed by atoms with Crippen LogP contribution >= 0.6 is 34.5 Å². The number of thiophene rings is 1. The Morgan fingerprint density at radius 2 is 2.10 bits per heavy atom. The number of halogens is 2.